The topological polar surface area (TPSA) is 30.0 Å². The third kappa shape index (κ3) is 2.11. The Kier molecular flexibility index (Phi) is 2.57. The molecule has 1 heterocycles. The van der Waals surface area contributed by atoms with Crippen LogP contribution in [0.5, 0.6) is 0 Å². The predicted octanol–water partition coefficient (Wildman–Crippen LogP) is 3.12. The Labute approximate surface area is 92.9 Å². The number of benzene rings is 1. The molecule has 1 aromatic heterocycles. The van der Waals surface area contributed by atoms with Crippen molar-refractivity contribution in [3.05, 3.63) is 41.8 Å². The molecular formula is C11H5F4NO. The first-order valence-electron chi connectivity index (χ1n) is 4.55. The second kappa shape index (κ2) is 3.80. The highest BCUT2D eigenvalue weighted by atomic mass is 19.4. The number of halogens is 4. The Hall–Kier alpha value is -1.98. The van der Waals surface area contributed by atoms with Crippen molar-refractivity contribution < 1.29 is 22.4 Å². The Morgan fingerprint density at radius 1 is 1.24 bits per heavy atom. The van der Waals surface area contributed by atoms with Gasteiger partial charge in [0.25, 0.3) is 5.78 Å². The van der Waals surface area contributed by atoms with E-state index in [1.807, 2.05) is 0 Å². The minimum atomic E-state index is -4.99. The Balaban J connectivity index is 2.59. The molecule has 88 valence electrons. The number of carbonyl (C=O) groups is 1. The molecule has 0 spiro atoms. The van der Waals surface area contributed by atoms with Crippen molar-refractivity contribution >= 4 is 16.7 Å². The van der Waals surface area contributed by atoms with Crippen LogP contribution in [0.25, 0.3) is 10.9 Å². The molecule has 6 heteroatoms. The average Bonchev–Trinajstić information content (AvgIpc) is 2.27. The summed E-state index contributed by atoms with van der Waals surface area (Å²) in [4.78, 5) is 14.5. The van der Waals surface area contributed by atoms with E-state index >= 15 is 0 Å². The van der Waals surface area contributed by atoms with E-state index in [2.05, 4.69) is 4.98 Å². The van der Waals surface area contributed by atoms with Gasteiger partial charge in [-0.15, -0.1) is 0 Å². The molecule has 0 aliphatic heterocycles. The number of aromatic nitrogens is 1. The maximum Gasteiger partial charge on any atom is 0.454 e. The van der Waals surface area contributed by atoms with Crippen LogP contribution in [-0.4, -0.2) is 16.9 Å². The van der Waals surface area contributed by atoms with Gasteiger partial charge in [0.05, 0.1) is 5.52 Å². The summed E-state index contributed by atoms with van der Waals surface area (Å²) >= 11 is 0. The molecule has 0 N–H and O–H groups in total. The van der Waals surface area contributed by atoms with Gasteiger partial charge in [0.2, 0.25) is 0 Å². The maximum absolute atomic E-state index is 13.3. The van der Waals surface area contributed by atoms with Gasteiger partial charge in [-0.3, -0.25) is 9.78 Å². The van der Waals surface area contributed by atoms with Crippen LogP contribution in [0.3, 0.4) is 0 Å². The highest BCUT2D eigenvalue weighted by Gasteiger charge is 2.39. The second-order valence-electron chi connectivity index (χ2n) is 3.36. The highest BCUT2D eigenvalue weighted by Crippen LogP contribution is 2.24. The summed E-state index contributed by atoms with van der Waals surface area (Å²) in [7, 11) is 0. The van der Waals surface area contributed by atoms with Crippen LogP contribution in [0.15, 0.2) is 30.5 Å². The summed E-state index contributed by atoms with van der Waals surface area (Å²) in [6.45, 7) is 0. The molecule has 2 nitrogen and oxygen atoms in total. The van der Waals surface area contributed by atoms with Crippen LogP contribution >= 0.6 is 0 Å². The van der Waals surface area contributed by atoms with Crippen LogP contribution in [-0.2, 0) is 0 Å². The Morgan fingerprint density at radius 2 is 1.94 bits per heavy atom. The van der Waals surface area contributed by atoms with Gasteiger partial charge in [-0.25, -0.2) is 4.39 Å². The van der Waals surface area contributed by atoms with Crippen LogP contribution < -0.4 is 0 Å². The van der Waals surface area contributed by atoms with Crippen LogP contribution in [0.2, 0.25) is 0 Å². The van der Waals surface area contributed by atoms with Gasteiger partial charge in [0.1, 0.15) is 5.82 Å². The molecule has 1 aromatic carbocycles. The lowest BCUT2D eigenvalue weighted by Crippen LogP contribution is -2.22. The molecule has 0 saturated carbocycles. The van der Waals surface area contributed by atoms with E-state index < -0.39 is 23.3 Å². The number of carbonyl (C=O) groups excluding carboxylic acids is 1. The fraction of sp³-hybridized carbons (Fsp3) is 0.0909. The molecule has 0 fully saturated rings. The third-order valence-corrected chi connectivity index (χ3v) is 2.19. The zero-order valence-electron chi connectivity index (χ0n) is 8.25. The molecule has 17 heavy (non-hydrogen) atoms. The first-order valence-corrected chi connectivity index (χ1v) is 4.55. The van der Waals surface area contributed by atoms with Crippen molar-refractivity contribution in [2.45, 2.75) is 6.18 Å². The molecule has 0 saturated heterocycles. The van der Waals surface area contributed by atoms with Crippen molar-refractivity contribution in [2.75, 3.05) is 0 Å². The van der Waals surface area contributed by atoms with Gasteiger partial charge < -0.3 is 0 Å². The largest absolute Gasteiger partial charge is 0.454 e. The number of ketones is 1. The van der Waals surface area contributed by atoms with Crippen LogP contribution in [0, 0.1) is 5.82 Å². The monoisotopic (exact) mass is 243 g/mol. The van der Waals surface area contributed by atoms with Crippen molar-refractivity contribution in [3.8, 4) is 0 Å². The normalized spacial score (nSPS) is 11.8. The van der Waals surface area contributed by atoms with Gasteiger partial charge >= 0.3 is 6.18 Å². The number of hydrogen-bond donors (Lipinski definition) is 0. The van der Waals surface area contributed by atoms with E-state index in [9.17, 15) is 22.4 Å². The van der Waals surface area contributed by atoms with Gasteiger partial charge in [0, 0.05) is 17.1 Å². The smallest absolute Gasteiger partial charge is 0.284 e. The first kappa shape index (κ1) is 11.5. The molecule has 2 aromatic rings. The van der Waals surface area contributed by atoms with Crippen molar-refractivity contribution in [1.82, 2.24) is 4.98 Å². The molecule has 0 radical (unpaired) electrons. The molecule has 0 bridgehead atoms. The molecule has 0 aliphatic carbocycles. The van der Waals surface area contributed by atoms with Gasteiger partial charge in [0.15, 0.2) is 0 Å². The van der Waals surface area contributed by atoms with E-state index in [1.165, 1.54) is 12.1 Å². The minimum absolute atomic E-state index is 0.109. The van der Waals surface area contributed by atoms with E-state index in [0.717, 1.165) is 18.3 Å². The van der Waals surface area contributed by atoms with Crippen LogP contribution in [0.1, 0.15) is 10.4 Å². The number of alkyl halides is 3. The van der Waals surface area contributed by atoms with Crippen molar-refractivity contribution in [3.63, 3.8) is 0 Å². The SMILES string of the molecule is O=C(c1cnc2cccc(F)c2c1)C(F)(F)F. The maximum atomic E-state index is 13.3. The number of fused-ring (bicyclic) bond motifs is 1. The standard InChI is InChI=1S/C11H5F4NO/c12-8-2-1-3-9-7(8)4-6(5-16-9)10(17)11(13,14)15/h1-5H. The zero-order chi connectivity index (χ0) is 12.6. The fourth-order valence-corrected chi connectivity index (χ4v) is 1.40. The van der Waals surface area contributed by atoms with Gasteiger partial charge in [-0.2, -0.15) is 13.2 Å². The number of pyridine rings is 1. The summed E-state index contributed by atoms with van der Waals surface area (Å²) in [5.41, 5.74) is -0.473. The fourth-order valence-electron chi connectivity index (χ4n) is 1.40. The number of rotatable bonds is 1. The van der Waals surface area contributed by atoms with E-state index in [4.69, 9.17) is 0 Å². The van der Waals surface area contributed by atoms with E-state index in [1.54, 1.807) is 0 Å². The summed E-state index contributed by atoms with van der Waals surface area (Å²) in [6, 6.07) is 4.77. The lowest BCUT2D eigenvalue weighted by Gasteiger charge is -2.06. The van der Waals surface area contributed by atoms with Crippen molar-refractivity contribution in [2.24, 2.45) is 0 Å². The van der Waals surface area contributed by atoms with Gasteiger partial charge in [-0.05, 0) is 18.2 Å². The quantitative estimate of drug-likeness (QED) is 0.569. The lowest BCUT2D eigenvalue weighted by molar-refractivity contribution is -0.0885. The molecular weight excluding hydrogens is 238 g/mol. The highest BCUT2D eigenvalue weighted by molar-refractivity contribution is 6.02. The van der Waals surface area contributed by atoms with Crippen molar-refractivity contribution in [1.29, 1.82) is 0 Å². The molecule has 2 rings (SSSR count). The summed E-state index contributed by atoms with van der Waals surface area (Å²) in [5, 5.41) is -0.109. The summed E-state index contributed by atoms with van der Waals surface area (Å²) in [6.07, 6.45) is -4.20. The zero-order valence-corrected chi connectivity index (χ0v) is 8.25. The minimum Gasteiger partial charge on any atom is -0.284 e. The number of hydrogen-bond acceptors (Lipinski definition) is 2. The molecule has 0 aliphatic rings. The first-order chi connectivity index (χ1) is 7.89. The third-order valence-electron chi connectivity index (χ3n) is 2.19. The molecule has 0 unspecified atom stereocenters. The molecule has 0 amide bonds. The Bertz CT molecular complexity index is 592. The predicted molar refractivity (Wildman–Crippen MR) is 52.1 cm³/mol. The molecule has 0 atom stereocenters. The van der Waals surface area contributed by atoms with E-state index in [-0.39, 0.29) is 10.9 Å². The van der Waals surface area contributed by atoms with Gasteiger partial charge in [-0.1, -0.05) is 6.07 Å². The van der Waals surface area contributed by atoms with E-state index in [0.29, 0.717) is 0 Å². The average molecular weight is 243 g/mol. The number of Topliss-reactive ketones (excluding diaryl/α,β-unsaturated/α-hetero) is 1. The Morgan fingerprint density at radius 3 is 2.59 bits per heavy atom. The second-order valence-corrected chi connectivity index (χ2v) is 3.36. The summed E-state index contributed by atoms with van der Waals surface area (Å²) in [5.74, 6) is -2.75. The van der Waals surface area contributed by atoms with Crippen LogP contribution in [0.4, 0.5) is 17.6 Å². The summed E-state index contributed by atoms with van der Waals surface area (Å²) < 4.78 is 49.8. The lowest BCUT2D eigenvalue weighted by atomic mass is 10.1. The number of nitrogens with zero attached hydrogens (tertiary/aromatic N) is 1.